The molecule has 0 saturated heterocycles. The Labute approximate surface area is 117 Å². The number of hydrogen-bond acceptors (Lipinski definition) is 3. The van der Waals surface area contributed by atoms with E-state index < -0.39 is 15.8 Å². The fourth-order valence-corrected chi connectivity index (χ4v) is 3.38. The molecule has 0 bridgehead atoms. The van der Waals surface area contributed by atoms with Crippen molar-refractivity contribution in [1.82, 2.24) is 0 Å². The van der Waals surface area contributed by atoms with Crippen molar-refractivity contribution in [3.8, 4) is 0 Å². The lowest BCUT2D eigenvalue weighted by Crippen LogP contribution is -2.09. The van der Waals surface area contributed by atoms with Gasteiger partial charge in [-0.05, 0) is 23.3 Å². The van der Waals surface area contributed by atoms with Crippen LogP contribution in [-0.4, -0.2) is 19.5 Å². The van der Waals surface area contributed by atoms with Crippen LogP contribution in [0.3, 0.4) is 0 Å². The lowest BCUT2D eigenvalue weighted by Gasteiger charge is -2.08. The Morgan fingerprint density at radius 2 is 1.45 bits per heavy atom. The Morgan fingerprint density at radius 1 is 0.900 bits per heavy atom. The van der Waals surface area contributed by atoms with Crippen molar-refractivity contribution in [3.05, 3.63) is 65.7 Å². The summed E-state index contributed by atoms with van der Waals surface area (Å²) in [5.41, 5.74) is 1.05. The van der Waals surface area contributed by atoms with Crippen LogP contribution in [0.15, 0.2) is 59.5 Å². The van der Waals surface area contributed by atoms with Gasteiger partial charge in [-0.2, -0.15) is 0 Å². The number of rotatable bonds is 5. The minimum atomic E-state index is -3.46. The van der Waals surface area contributed by atoms with E-state index in [4.69, 9.17) is 5.11 Å². The van der Waals surface area contributed by atoms with Crippen LogP contribution in [0.1, 0.15) is 11.1 Å². The van der Waals surface area contributed by atoms with Crippen molar-refractivity contribution in [2.24, 2.45) is 0 Å². The van der Waals surface area contributed by atoms with Crippen LogP contribution >= 0.6 is 0 Å². The molecule has 0 aliphatic rings. The van der Waals surface area contributed by atoms with Crippen LogP contribution in [0, 0.1) is 0 Å². The quantitative estimate of drug-likeness (QED) is 0.917. The average molecular weight is 290 g/mol. The first-order valence-corrected chi connectivity index (χ1v) is 7.70. The molecule has 2 aromatic carbocycles. The Hall–Kier alpha value is -2.14. The SMILES string of the molecule is O=C(O)Cc1ccccc1CS(=O)(=O)c1ccccc1. The molecular weight excluding hydrogens is 276 g/mol. The van der Waals surface area contributed by atoms with E-state index in [-0.39, 0.29) is 17.1 Å². The molecule has 0 unspecified atom stereocenters. The molecule has 1 N–H and O–H groups in total. The van der Waals surface area contributed by atoms with Crippen LogP contribution in [0.25, 0.3) is 0 Å². The monoisotopic (exact) mass is 290 g/mol. The summed E-state index contributed by atoms with van der Waals surface area (Å²) in [7, 11) is -3.46. The third kappa shape index (κ3) is 3.45. The molecule has 0 aliphatic carbocycles. The summed E-state index contributed by atoms with van der Waals surface area (Å²) < 4.78 is 24.6. The molecule has 0 saturated carbocycles. The zero-order valence-corrected chi connectivity index (χ0v) is 11.5. The van der Waals surface area contributed by atoms with Crippen LogP contribution in [0.2, 0.25) is 0 Å². The number of benzene rings is 2. The van der Waals surface area contributed by atoms with Gasteiger partial charge in [0.15, 0.2) is 9.84 Å². The standard InChI is InChI=1S/C15H14O4S/c16-15(17)10-12-6-4-5-7-13(12)11-20(18,19)14-8-2-1-3-9-14/h1-9H,10-11H2,(H,16,17). The highest BCUT2D eigenvalue weighted by Gasteiger charge is 2.17. The van der Waals surface area contributed by atoms with Crippen LogP contribution < -0.4 is 0 Å². The first-order chi connectivity index (χ1) is 9.49. The van der Waals surface area contributed by atoms with Crippen molar-refractivity contribution in [2.45, 2.75) is 17.1 Å². The Morgan fingerprint density at radius 3 is 2.05 bits per heavy atom. The lowest BCUT2D eigenvalue weighted by atomic mass is 10.1. The second-order valence-electron chi connectivity index (χ2n) is 4.41. The maximum absolute atomic E-state index is 12.3. The number of carboxylic acids is 1. The Bertz CT molecular complexity index is 706. The van der Waals surface area contributed by atoms with Gasteiger partial charge in [0.05, 0.1) is 17.1 Å². The van der Waals surface area contributed by atoms with E-state index >= 15 is 0 Å². The number of sulfone groups is 1. The Balaban J connectivity index is 2.33. The third-order valence-corrected chi connectivity index (χ3v) is 4.59. The molecule has 2 aromatic rings. The predicted molar refractivity (Wildman–Crippen MR) is 75.1 cm³/mol. The maximum Gasteiger partial charge on any atom is 0.307 e. The minimum absolute atomic E-state index is 0.180. The van der Waals surface area contributed by atoms with Crippen molar-refractivity contribution in [2.75, 3.05) is 0 Å². The smallest absolute Gasteiger partial charge is 0.307 e. The zero-order chi connectivity index (χ0) is 14.6. The number of hydrogen-bond donors (Lipinski definition) is 1. The summed E-state index contributed by atoms with van der Waals surface area (Å²) in [4.78, 5) is 11.0. The van der Waals surface area contributed by atoms with Gasteiger partial charge in [-0.15, -0.1) is 0 Å². The molecule has 4 nitrogen and oxygen atoms in total. The van der Waals surface area contributed by atoms with E-state index in [1.54, 1.807) is 42.5 Å². The molecule has 104 valence electrons. The molecule has 0 aliphatic heterocycles. The normalized spacial score (nSPS) is 11.2. The summed E-state index contributed by atoms with van der Waals surface area (Å²) in [6.07, 6.45) is -0.180. The number of carbonyl (C=O) groups is 1. The average Bonchev–Trinajstić information content (AvgIpc) is 2.41. The van der Waals surface area contributed by atoms with Crippen molar-refractivity contribution in [1.29, 1.82) is 0 Å². The largest absolute Gasteiger partial charge is 0.481 e. The lowest BCUT2D eigenvalue weighted by molar-refractivity contribution is -0.136. The summed E-state index contributed by atoms with van der Waals surface area (Å²) in [5.74, 6) is -1.17. The van der Waals surface area contributed by atoms with Gasteiger partial charge in [0.1, 0.15) is 0 Å². The molecule has 0 fully saturated rings. The van der Waals surface area contributed by atoms with Crippen LogP contribution in [-0.2, 0) is 26.8 Å². The van der Waals surface area contributed by atoms with Gasteiger partial charge in [-0.1, -0.05) is 42.5 Å². The van der Waals surface area contributed by atoms with Gasteiger partial charge >= 0.3 is 5.97 Å². The molecule has 5 heteroatoms. The molecule has 0 aromatic heterocycles. The van der Waals surface area contributed by atoms with Gasteiger partial charge < -0.3 is 5.11 Å². The fourth-order valence-electron chi connectivity index (χ4n) is 1.95. The highest BCUT2D eigenvalue weighted by atomic mass is 32.2. The van der Waals surface area contributed by atoms with E-state index in [1.165, 1.54) is 12.1 Å². The first kappa shape index (κ1) is 14.3. The van der Waals surface area contributed by atoms with E-state index in [1.807, 2.05) is 0 Å². The highest BCUT2D eigenvalue weighted by Crippen LogP contribution is 2.19. The van der Waals surface area contributed by atoms with Crippen LogP contribution in [0.4, 0.5) is 0 Å². The highest BCUT2D eigenvalue weighted by molar-refractivity contribution is 7.90. The molecule has 0 heterocycles. The minimum Gasteiger partial charge on any atom is -0.481 e. The van der Waals surface area contributed by atoms with E-state index in [9.17, 15) is 13.2 Å². The van der Waals surface area contributed by atoms with Crippen molar-refractivity contribution < 1.29 is 18.3 Å². The van der Waals surface area contributed by atoms with Gasteiger partial charge in [0.2, 0.25) is 0 Å². The number of aliphatic carboxylic acids is 1. The molecule has 0 amide bonds. The predicted octanol–water partition coefficient (Wildman–Crippen LogP) is 2.29. The van der Waals surface area contributed by atoms with Gasteiger partial charge in [0.25, 0.3) is 0 Å². The van der Waals surface area contributed by atoms with E-state index in [0.29, 0.717) is 11.1 Å². The summed E-state index contributed by atoms with van der Waals surface area (Å²) >= 11 is 0. The fraction of sp³-hybridized carbons (Fsp3) is 0.133. The second-order valence-corrected chi connectivity index (χ2v) is 6.40. The number of carboxylic acid groups (broad SMARTS) is 1. The zero-order valence-electron chi connectivity index (χ0n) is 10.7. The summed E-state index contributed by atoms with van der Waals surface area (Å²) in [6.45, 7) is 0. The molecule has 0 radical (unpaired) electrons. The van der Waals surface area contributed by atoms with E-state index in [0.717, 1.165) is 0 Å². The molecule has 0 atom stereocenters. The first-order valence-electron chi connectivity index (χ1n) is 6.05. The third-order valence-electron chi connectivity index (χ3n) is 2.91. The van der Waals surface area contributed by atoms with Gasteiger partial charge in [-0.3, -0.25) is 4.79 Å². The van der Waals surface area contributed by atoms with Crippen molar-refractivity contribution >= 4 is 15.8 Å². The maximum atomic E-state index is 12.3. The van der Waals surface area contributed by atoms with Crippen molar-refractivity contribution in [3.63, 3.8) is 0 Å². The summed E-state index contributed by atoms with van der Waals surface area (Å²) in [5, 5.41) is 8.86. The molecular formula is C15H14O4S. The Kier molecular flexibility index (Phi) is 4.20. The van der Waals surface area contributed by atoms with Gasteiger partial charge in [-0.25, -0.2) is 8.42 Å². The van der Waals surface area contributed by atoms with Gasteiger partial charge in [0, 0.05) is 0 Å². The molecule has 2 rings (SSSR count). The molecule has 0 spiro atoms. The van der Waals surface area contributed by atoms with E-state index in [2.05, 4.69) is 0 Å². The summed E-state index contributed by atoms with van der Waals surface area (Å²) in [6, 6.07) is 14.9. The molecule has 20 heavy (non-hydrogen) atoms. The second kappa shape index (κ2) is 5.88. The van der Waals surface area contributed by atoms with Crippen LogP contribution in [0.5, 0.6) is 0 Å². The topological polar surface area (TPSA) is 71.4 Å².